The number of ether oxygens (including phenoxy) is 5. The largest absolute Gasteiger partial charge is 0.496 e. The normalized spacial score (nSPS) is 27.9. The number of aromatic nitrogens is 2. The first-order valence-electron chi connectivity index (χ1n) is 12.8. The van der Waals surface area contributed by atoms with Crippen molar-refractivity contribution in [2.75, 3.05) is 20.8 Å². The minimum atomic E-state index is -1.79. The molecule has 0 aliphatic carbocycles. The molecule has 1 unspecified atom stereocenters. The molecule has 2 aliphatic heterocycles. The molecule has 1 fully saturated rings. The molecule has 8 atom stereocenters. The van der Waals surface area contributed by atoms with Crippen molar-refractivity contribution in [1.82, 2.24) is 14.9 Å². The average Bonchev–Trinajstić information content (AvgIpc) is 3.28. The molecule has 2 amide bonds. The number of carbonyl (C=O) groups excluding carboxylic acids is 2. The zero-order valence-electron chi connectivity index (χ0n) is 22.6. The van der Waals surface area contributed by atoms with Gasteiger partial charge in [-0.25, -0.2) is 4.79 Å². The van der Waals surface area contributed by atoms with Crippen molar-refractivity contribution in [2.24, 2.45) is 5.73 Å². The Labute approximate surface area is 238 Å². The van der Waals surface area contributed by atoms with Gasteiger partial charge in [-0.05, 0) is 24.1 Å². The minimum Gasteiger partial charge on any atom is -0.496 e. The van der Waals surface area contributed by atoms with Gasteiger partial charge in [0.15, 0.2) is 18.1 Å². The van der Waals surface area contributed by atoms with Crippen LogP contribution in [0, 0.1) is 0 Å². The summed E-state index contributed by atoms with van der Waals surface area (Å²) < 4.78 is 28.3. The molecule has 42 heavy (non-hydrogen) atoms. The van der Waals surface area contributed by atoms with Crippen LogP contribution in [0.3, 0.4) is 0 Å². The second kappa shape index (κ2) is 13.3. The molecule has 2 aliphatic rings. The number of nitrogens with two attached hydrogens (primary N) is 1. The van der Waals surface area contributed by atoms with E-state index in [9.17, 15) is 34.5 Å². The summed E-state index contributed by atoms with van der Waals surface area (Å²) in [5.74, 6) is -1.62. The predicted octanol–water partition coefficient (Wildman–Crippen LogP) is -2.99. The van der Waals surface area contributed by atoms with Gasteiger partial charge in [0.25, 0.3) is 11.5 Å². The van der Waals surface area contributed by atoms with E-state index in [0.717, 1.165) is 28.5 Å². The number of hydrogen-bond acceptors (Lipinski definition) is 12. The minimum absolute atomic E-state index is 0.169. The zero-order chi connectivity index (χ0) is 30.6. The summed E-state index contributed by atoms with van der Waals surface area (Å²) in [5, 5.41) is 34.3. The molecule has 228 valence electrons. The quantitative estimate of drug-likeness (QED) is 0.153. The van der Waals surface area contributed by atoms with E-state index in [1.807, 2.05) is 23.2 Å². The first-order valence-corrected chi connectivity index (χ1v) is 12.8. The first kappa shape index (κ1) is 30.9. The van der Waals surface area contributed by atoms with Crippen LogP contribution in [-0.4, -0.2) is 100 Å². The lowest BCUT2D eigenvalue weighted by atomic mass is 10.0. The summed E-state index contributed by atoms with van der Waals surface area (Å²) in [7, 11) is 2.73. The molecular formula is C26H32N4O12. The number of para-hydroxylation sites is 1. The number of benzene rings is 1. The number of aromatic amines is 1. The molecule has 4 rings (SSSR count). The summed E-state index contributed by atoms with van der Waals surface area (Å²) in [6.45, 7) is 0.169. The predicted molar refractivity (Wildman–Crippen MR) is 141 cm³/mol. The first-order chi connectivity index (χ1) is 20.0. The summed E-state index contributed by atoms with van der Waals surface area (Å²) in [4.78, 5) is 51.0. The van der Waals surface area contributed by atoms with Crippen LogP contribution in [0.5, 0.6) is 5.75 Å². The van der Waals surface area contributed by atoms with Crippen molar-refractivity contribution in [3.05, 3.63) is 74.8 Å². The van der Waals surface area contributed by atoms with Crippen LogP contribution < -0.4 is 27.0 Å². The SMILES string of the molecule is COc1ccccc1CCNC(=O)C1=C[C@H](O)[C@H](O)[C@@H](O[C@@H](C(N)=O)C2O[C@@H](n3ccc(=O)[nH]c3=O)[C@H](O)[C@@H]2OC)O1. The van der Waals surface area contributed by atoms with Crippen molar-refractivity contribution in [1.29, 1.82) is 0 Å². The Morgan fingerprint density at radius 2 is 1.88 bits per heavy atom. The Bertz CT molecular complexity index is 1420. The molecule has 2 aromatic rings. The average molecular weight is 593 g/mol. The van der Waals surface area contributed by atoms with E-state index in [-0.39, 0.29) is 6.54 Å². The number of aliphatic hydroxyl groups excluding tert-OH is 3. The van der Waals surface area contributed by atoms with Gasteiger partial charge in [0.2, 0.25) is 12.2 Å². The fourth-order valence-electron chi connectivity index (χ4n) is 4.70. The number of methoxy groups -OCH3 is 2. The number of nitrogens with zero attached hydrogens (tertiary/aromatic N) is 1. The van der Waals surface area contributed by atoms with E-state index in [1.54, 1.807) is 6.07 Å². The lowest BCUT2D eigenvalue weighted by Gasteiger charge is -2.35. The van der Waals surface area contributed by atoms with Gasteiger partial charge >= 0.3 is 5.69 Å². The van der Waals surface area contributed by atoms with Gasteiger partial charge in [0, 0.05) is 25.9 Å². The number of aliphatic hydroxyl groups is 3. The van der Waals surface area contributed by atoms with Gasteiger partial charge in [-0.2, -0.15) is 0 Å². The Morgan fingerprint density at radius 3 is 2.55 bits per heavy atom. The third kappa shape index (κ3) is 6.53. The number of amides is 2. The van der Waals surface area contributed by atoms with Crippen LogP contribution in [0.4, 0.5) is 0 Å². The highest BCUT2D eigenvalue weighted by Crippen LogP contribution is 2.34. The monoisotopic (exact) mass is 592 g/mol. The van der Waals surface area contributed by atoms with E-state index >= 15 is 0 Å². The van der Waals surface area contributed by atoms with Crippen molar-refractivity contribution >= 4 is 11.8 Å². The third-order valence-corrected chi connectivity index (χ3v) is 6.80. The Hall–Kier alpha value is -4.06. The number of nitrogens with one attached hydrogen (secondary N) is 2. The highest BCUT2D eigenvalue weighted by atomic mass is 16.7. The van der Waals surface area contributed by atoms with Gasteiger partial charge in [-0.1, -0.05) is 18.2 Å². The standard InChI is InChI=1S/C26H32N4O12/c1-38-14-6-4-3-5-12(14)7-9-28-23(36)15-11-13(31)17(33)25(40-15)42-21(22(27)35)20-19(39-2)18(34)24(41-20)30-10-8-16(32)29-26(30)37/h3-6,8,10-11,13,17-21,24-25,31,33-34H,7,9H2,1-2H3,(H2,27,35)(H,28,36)(H,29,32,37)/t13-,17-,18+,19-,20?,21+,24+,25+/m0/s1. The van der Waals surface area contributed by atoms with Gasteiger partial charge in [-0.3, -0.25) is 23.9 Å². The number of carbonyl (C=O) groups is 2. The van der Waals surface area contributed by atoms with Crippen molar-refractivity contribution < 1.29 is 48.6 Å². The number of hydrogen-bond donors (Lipinski definition) is 6. The van der Waals surface area contributed by atoms with E-state index in [4.69, 9.17) is 29.4 Å². The van der Waals surface area contributed by atoms with Crippen LogP contribution in [0.15, 0.2) is 58.0 Å². The molecule has 7 N–H and O–H groups in total. The Balaban J connectivity index is 1.47. The second-order valence-corrected chi connectivity index (χ2v) is 9.47. The zero-order valence-corrected chi connectivity index (χ0v) is 22.6. The van der Waals surface area contributed by atoms with E-state index in [0.29, 0.717) is 12.2 Å². The van der Waals surface area contributed by atoms with Crippen molar-refractivity contribution in [2.45, 2.75) is 55.6 Å². The lowest BCUT2D eigenvalue weighted by molar-refractivity contribution is -0.241. The molecule has 0 spiro atoms. The topological polar surface area (TPSA) is 234 Å². The molecule has 16 heteroatoms. The number of primary amides is 1. The van der Waals surface area contributed by atoms with Gasteiger partial charge < -0.3 is 50.1 Å². The highest BCUT2D eigenvalue weighted by Gasteiger charge is 2.52. The molecule has 1 aromatic carbocycles. The van der Waals surface area contributed by atoms with Crippen LogP contribution in [0.2, 0.25) is 0 Å². The van der Waals surface area contributed by atoms with Gasteiger partial charge in [-0.15, -0.1) is 0 Å². The molecule has 0 bridgehead atoms. The molecule has 1 aromatic heterocycles. The maximum absolute atomic E-state index is 12.8. The smallest absolute Gasteiger partial charge is 0.330 e. The van der Waals surface area contributed by atoms with E-state index < -0.39 is 78.0 Å². The maximum Gasteiger partial charge on any atom is 0.330 e. The Kier molecular flexibility index (Phi) is 9.77. The summed E-state index contributed by atoms with van der Waals surface area (Å²) in [5.41, 5.74) is 4.80. The summed E-state index contributed by atoms with van der Waals surface area (Å²) >= 11 is 0. The van der Waals surface area contributed by atoms with Gasteiger partial charge in [0.05, 0.1) is 7.11 Å². The molecular weight excluding hydrogens is 560 g/mol. The summed E-state index contributed by atoms with van der Waals surface area (Å²) in [6.07, 6.45) is -10.2. The lowest BCUT2D eigenvalue weighted by Crippen LogP contribution is -2.54. The fraction of sp³-hybridized carbons (Fsp3) is 0.462. The maximum atomic E-state index is 12.8. The fourth-order valence-corrected chi connectivity index (χ4v) is 4.70. The second-order valence-electron chi connectivity index (χ2n) is 9.47. The molecule has 0 radical (unpaired) electrons. The third-order valence-electron chi connectivity index (χ3n) is 6.80. The van der Waals surface area contributed by atoms with E-state index in [2.05, 4.69) is 5.32 Å². The summed E-state index contributed by atoms with van der Waals surface area (Å²) in [6, 6.07) is 8.27. The highest BCUT2D eigenvalue weighted by molar-refractivity contribution is 5.91. The van der Waals surface area contributed by atoms with E-state index in [1.165, 1.54) is 14.2 Å². The molecule has 0 saturated carbocycles. The van der Waals surface area contributed by atoms with Crippen molar-refractivity contribution in [3.8, 4) is 5.75 Å². The van der Waals surface area contributed by atoms with Crippen LogP contribution in [-0.2, 0) is 35.0 Å². The number of rotatable bonds is 11. The van der Waals surface area contributed by atoms with Crippen molar-refractivity contribution in [3.63, 3.8) is 0 Å². The van der Waals surface area contributed by atoms with Crippen LogP contribution in [0.25, 0.3) is 0 Å². The molecule has 1 saturated heterocycles. The Morgan fingerprint density at radius 1 is 1.14 bits per heavy atom. The number of H-pyrrole nitrogens is 1. The van der Waals surface area contributed by atoms with Crippen LogP contribution >= 0.6 is 0 Å². The molecule has 3 heterocycles. The molecule has 16 nitrogen and oxygen atoms in total. The van der Waals surface area contributed by atoms with Gasteiger partial charge in [0.1, 0.15) is 36.3 Å². The van der Waals surface area contributed by atoms with Crippen LogP contribution in [0.1, 0.15) is 11.8 Å².